The molecule has 6 bridgehead atoms. The van der Waals surface area contributed by atoms with Gasteiger partial charge in [-0.25, -0.2) is 4.79 Å². The molecular formula is C53H71NO5S. The lowest BCUT2D eigenvalue weighted by atomic mass is 9.32. The summed E-state index contributed by atoms with van der Waals surface area (Å²) in [5.41, 5.74) is -1.61. The van der Waals surface area contributed by atoms with Gasteiger partial charge in [0.25, 0.3) is 0 Å². The number of allylic oxidation sites excluding steroid dienone is 4. The highest BCUT2D eigenvalue weighted by Gasteiger charge is 2.75. The first kappa shape index (κ1) is 40.3. The summed E-state index contributed by atoms with van der Waals surface area (Å²) >= 11 is 1.60. The van der Waals surface area contributed by atoms with Crippen molar-refractivity contribution in [2.45, 2.75) is 155 Å². The molecule has 2 aromatic rings. The second kappa shape index (κ2) is 13.8. The van der Waals surface area contributed by atoms with Crippen LogP contribution in [0.25, 0.3) is 10.1 Å². The van der Waals surface area contributed by atoms with Gasteiger partial charge in [-0.15, -0.1) is 11.3 Å². The van der Waals surface area contributed by atoms with Crippen molar-refractivity contribution in [1.29, 1.82) is 0 Å². The molecule has 0 aliphatic heterocycles. The van der Waals surface area contributed by atoms with Crippen LogP contribution >= 0.6 is 11.3 Å². The third-order valence-electron chi connectivity index (χ3n) is 20.2. The maximum atomic E-state index is 15.3. The van der Waals surface area contributed by atoms with E-state index >= 15 is 9.59 Å². The van der Waals surface area contributed by atoms with Crippen molar-refractivity contribution in [3.05, 3.63) is 59.0 Å². The zero-order valence-corrected chi connectivity index (χ0v) is 37.9. The topological polar surface area (TPSA) is 87.1 Å². The van der Waals surface area contributed by atoms with E-state index in [1.165, 1.54) is 44.9 Å². The van der Waals surface area contributed by atoms with E-state index in [4.69, 9.17) is 4.74 Å². The molecular weight excluding hydrogens is 763 g/mol. The number of benzene rings is 1. The number of aliphatic hydroxyl groups is 2. The predicted molar refractivity (Wildman–Crippen MR) is 239 cm³/mol. The van der Waals surface area contributed by atoms with Crippen molar-refractivity contribution in [3.8, 4) is 0 Å². The van der Waals surface area contributed by atoms with E-state index in [1.807, 2.05) is 12.1 Å². The SMILES string of the molecule is CC(C)[C@H]1CC[C@H](C)C[C@@H]1OC(=O)N(CC12CC3CC(CC(C3)C1)C2)C[C@]1(O)CC[C@H]2[C@]34C=C[C@@]5(C=C3C(=O)c3cc6ccccc6s3)CC(O)CC[C@]5(C)[C@H]4CC[C@@]21C. The lowest BCUT2D eigenvalue weighted by molar-refractivity contribution is -0.177. The van der Waals surface area contributed by atoms with Crippen LogP contribution in [0.15, 0.2) is 54.1 Å². The number of hydrogen-bond acceptors (Lipinski definition) is 6. The Morgan fingerprint density at radius 3 is 2.25 bits per heavy atom. The number of fused-ring (bicyclic) bond motifs is 2. The first-order valence-corrected chi connectivity index (χ1v) is 25.2. The maximum absolute atomic E-state index is 15.3. The molecule has 7 heteroatoms. The van der Waals surface area contributed by atoms with E-state index in [0.29, 0.717) is 43.7 Å². The fourth-order valence-electron chi connectivity index (χ4n) is 17.7. The van der Waals surface area contributed by atoms with Gasteiger partial charge in [0.2, 0.25) is 0 Å². The quantitative estimate of drug-likeness (QED) is 0.204. The van der Waals surface area contributed by atoms with Crippen LogP contribution in [0.4, 0.5) is 4.79 Å². The lowest BCUT2D eigenvalue weighted by Gasteiger charge is -2.71. The van der Waals surface area contributed by atoms with Gasteiger partial charge in [0.05, 0.1) is 23.1 Å². The van der Waals surface area contributed by atoms with Crippen molar-refractivity contribution in [2.75, 3.05) is 13.1 Å². The monoisotopic (exact) mass is 834 g/mol. The first-order valence-electron chi connectivity index (χ1n) is 24.4. The van der Waals surface area contributed by atoms with E-state index in [0.717, 1.165) is 83.2 Å². The second-order valence-corrected chi connectivity index (χ2v) is 24.9. The van der Waals surface area contributed by atoms with Crippen molar-refractivity contribution < 1.29 is 24.5 Å². The molecule has 1 amide bonds. The van der Waals surface area contributed by atoms with Gasteiger partial charge in [-0.05, 0) is 172 Å². The fraction of sp³-hybridized carbons (Fsp3) is 0.736. The zero-order valence-electron chi connectivity index (χ0n) is 37.1. The average molecular weight is 834 g/mol. The van der Waals surface area contributed by atoms with Gasteiger partial charge in [0, 0.05) is 33.1 Å². The Balaban J connectivity index is 0.966. The minimum Gasteiger partial charge on any atom is -0.446 e. The summed E-state index contributed by atoms with van der Waals surface area (Å²) in [6.45, 7) is 12.7. The molecule has 1 aromatic carbocycles. The molecule has 1 aromatic heterocycles. The number of hydrogen-bond donors (Lipinski definition) is 2. The van der Waals surface area contributed by atoms with Crippen molar-refractivity contribution in [2.24, 2.45) is 74.4 Å². The molecule has 6 nitrogen and oxygen atoms in total. The number of amides is 1. The van der Waals surface area contributed by atoms with Crippen LogP contribution in [0.3, 0.4) is 0 Å². The van der Waals surface area contributed by atoms with Gasteiger partial charge in [-0.3, -0.25) is 4.79 Å². The number of Topliss-reactive ketones (excluding diaryl/α,β-unsaturated/α-hetero) is 1. The fourth-order valence-corrected chi connectivity index (χ4v) is 18.7. The van der Waals surface area contributed by atoms with Crippen LogP contribution < -0.4 is 0 Å². The Labute approximate surface area is 363 Å². The molecule has 8 fully saturated rings. The highest BCUT2D eigenvalue weighted by molar-refractivity contribution is 7.21. The highest BCUT2D eigenvalue weighted by Crippen LogP contribution is 2.78. The largest absolute Gasteiger partial charge is 0.446 e. The molecule has 13 rings (SSSR count). The molecule has 60 heavy (non-hydrogen) atoms. The predicted octanol–water partition coefficient (Wildman–Crippen LogP) is 11.8. The molecule has 2 N–H and O–H groups in total. The number of aliphatic hydroxyl groups excluding tert-OH is 1. The van der Waals surface area contributed by atoms with Crippen molar-refractivity contribution >= 4 is 33.3 Å². The number of nitrogens with zero attached hydrogens (tertiary/aromatic N) is 1. The molecule has 324 valence electrons. The number of ether oxygens (including phenoxy) is 1. The summed E-state index contributed by atoms with van der Waals surface area (Å²) in [5, 5.41) is 26.0. The first-order chi connectivity index (χ1) is 28.6. The van der Waals surface area contributed by atoms with E-state index in [1.54, 1.807) is 11.3 Å². The van der Waals surface area contributed by atoms with Gasteiger partial charge >= 0.3 is 6.09 Å². The molecule has 1 heterocycles. The summed E-state index contributed by atoms with van der Waals surface area (Å²) in [5.74, 6) is 4.05. The Morgan fingerprint density at radius 2 is 1.53 bits per heavy atom. The summed E-state index contributed by atoms with van der Waals surface area (Å²) < 4.78 is 7.89. The van der Waals surface area contributed by atoms with Crippen LogP contribution in [0.2, 0.25) is 0 Å². The number of ketones is 1. The summed E-state index contributed by atoms with van der Waals surface area (Å²) in [6, 6.07) is 10.4. The smallest absolute Gasteiger partial charge is 0.410 e. The Kier molecular flexibility index (Phi) is 9.24. The van der Waals surface area contributed by atoms with Gasteiger partial charge in [-0.2, -0.15) is 0 Å². The highest BCUT2D eigenvalue weighted by atomic mass is 32.1. The number of carbonyl (C=O) groups is 2. The number of thiophene rings is 1. The normalized spacial score (nSPS) is 47.2. The van der Waals surface area contributed by atoms with E-state index in [2.05, 4.69) is 75.9 Å². The van der Waals surface area contributed by atoms with Crippen molar-refractivity contribution in [3.63, 3.8) is 0 Å². The minimum absolute atomic E-state index is 0.0403. The summed E-state index contributed by atoms with van der Waals surface area (Å²) in [7, 11) is 0. The van der Waals surface area contributed by atoms with Crippen LogP contribution in [0, 0.1) is 74.4 Å². The summed E-state index contributed by atoms with van der Waals surface area (Å²) in [6.07, 6.45) is 23.0. The Bertz CT molecular complexity index is 2070. The average Bonchev–Trinajstić information content (AvgIpc) is 3.75. The molecule has 8 saturated carbocycles. The van der Waals surface area contributed by atoms with Gasteiger partial charge < -0.3 is 19.8 Å². The molecule has 11 atom stereocenters. The third kappa shape index (κ3) is 5.74. The maximum Gasteiger partial charge on any atom is 0.410 e. The van der Waals surface area contributed by atoms with E-state index in [9.17, 15) is 10.2 Å². The molecule has 2 spiro atoms. The van der Waals surface area contributed by atoms with Crippen LogP contribution in [0.1, 0.15) is 147 Å². The van der Waals surface area contributed by atoms with Gasteiger partial charge in [0.15, 0.2) is 5.78 Å². The van der Waals surface area contributed by atoms with Crippen molar-refractivity contribution in [1.82, 2.24) is 4.90 Å². The minimum atomic E-state index is -1.12. The zero-order chi connectivity index (χ0) is 41.6. The number of carbonyl (C=O) groups excluding carboxylic acids is 2. The Hall–Kier alpha value is -2.48. The number of rotatable bonds is 8. The Morgan fingerprint density at radius 1 is 0.850 bits per heavy atom. The van der Waals surface area contributed by atoms with E-state index < -0.39 is 16.4 Å². The van der Waals surface area contributed by atoms with Gasteiger partial charge in [0.1, 0.15) is 6.10 Å². The standard InChI is InChI=1S/C53H71NO5S/c1-32(2)39-11-10-33(3)20-41(39)59-47(57)54(30-50-25-34-21-35(26-50)23-36(22-34)27-50)31-52(58)17-14-45-49(52,5)16-13-44-48(4)15-12-38(55)28-51(48)18-19-53(44,45)40(29-51)46(56)43-24-37-8-6-7-9-42(37)60-43/h6-9,18-19,24,29,32-36,38-39,41,44-45,55,58H,10-17,20-23,25-28,30-31H2,1-5H3/t33-,34?,35?,36?,38?,39+,41-,44+,45+,48+,49-,50?,51-,52+,53+/m0/s1. The lowest BCUT2D eigenvalue weighted by Crippen LogP contribution is -2.67. The molecule has 0 radical (unpaired) electrons. The van der Waals surface area contributed by atoms with Crippen LogP contribution in [0.5, 0.6) is 0 Å². The van der Waals surface area contributed by atoms with Crippen LogP contribution in [-0.4, -0.2) is 57.9 Å². The third-order valence-corrected chi connectivity index (χ3v) is 21.3. The summed E-state index contributed by atoms with van der Waals surface area (Å²) in [4.78, 5) is 33.3. The van der Waals surface area contributed by atoms with E-state index in [-0.39, 0.29) is 52.2 Å². The van der Waals surface area contributed by atoms with Gasteiger partial charge in [-0.1, -0.05) is 77.5 Å². The molecule has 0 saturated heterocycles. The van der Waals surface area contributed by atoms with Crippen LogP contribution in [-0.2, 0) is 4.74 Å². The second-order valence-electron chi connectivity index (χ2n) is 23.8. The molecule has 1 unspecified atom stereocenters. The molecule has 11 aliphatic carbocycles. The molecule has 11 aliphatic rings.